The number of rotatable bonds is 6. The number of anilines is 2. The standard InChI is InChI=1S/C38H27BrF3N3O5S2/c39-19-10-12-26(50-16-27(46)43-20-11-9-17-5-1-2-6-18(17)13-20)21(14-19)28-29-22-15-23(32(29)51-34-33(28)52-37(49)44-34)31-30(22)35(47)45(36(31)48)25-8-4-3-7-24(25)38(40,41)42/h1-14,22-23,28-32H,15-16H2,(H,43,46)(H,44,49)/t22?,23?,28-,29?,30?,31?,32?/m1/s1. The fraction of sp³-hybridized carbons (Fsp3) is 0.263. The Kier molecular flexibility index (Phi) is 7.94. The first-order chi connectivity index (χ1) is 25.0. The van der Waals surface area contributed by atoms with E-state index in [2.05, 4.69) is 26.2 Å². The molecule has 3 heterocycles. The molecule has 4 aliphatic rings. The topological polar surface area (TPSA) is 109 Å². The predicted molar refractivity (Wildman–Crippen MR) is 195 cm³/mol. The van der Waals surface area contributed by atoms with Gasteiger partial charge < -0.3 is 15.0 Å². The van der Waals surface area contributed by atoms with Gasteiger partial charge >= 0.3 is 11.0 Å². The largest absolute Gasteiger partial charge is 0.483 e. The summed E-state index contributed by atoms with van der Waals surface area (Å²) in [7, 11) is 0. The van der Waals surface area contributed by atoms with Crippen molar-refractivity contribution in [1.82, 2.24) is 4.98 Å². The number of nitrogens with zero attached hydrogens (tertiary/aromatic N) is 1. The third kappa shape index (κ3) is 5.32. The molecule has 8 nitrogen and oxygen atoms in total. The van der Waals surface area contributed by atoms with Gasteiger partial charge in [0.1, 0.15) is 5.75 Å². The van der Waals surface area contributed by atoms with Crippen LogP contribution in [-0.4, -0.2) is 34.6 Å². The molecule has 6 unspecified atom stereocenters. The summed E-state index contributed by atoms with van der Waals surface area (Å²) in [6, 6.07) is 23.6. The van der Waals surface area contributed by atoms with Gasteiger partial charge in [0.2, 0.25) is 11.8 Å². The number of aromatic nitrogens is 1. The molecule has 1 saturated heterocycles. The lowest BCUT2D eigenvalue weighted by atomic mass is 9.68. The number of hydrogen-bond acceptors (Lipinski definition) is 7. The minimum absolute atomic E-state index is 0.202. The first-order valence-electron chi connectivity index (χ1n) is 16.6. The van der Waals surface area contributed by atoms with E-state index < -0.39 is 47.0 Å². The molecule has 7 atom stereocenters. The maximum atomic E-state index is 14.2. The molecule has 3 fully saturated rings. The van der Waals surface area contributed by atoms with Crippen molar-refractivity contribution in [3.8, 4) is 5.75 Å². The van der Waals surface area contributed by atoms with Gasteiger partial charge in [0.25, 0.3) is 5.91 Å². The summed E-state index contributed by atoms with van der Waals surface area (Å²) < 4.78 is 49.1. The average Bonchev–Trinajstić information content (AvgIpc) is 3.86. The van der Waals surface area contributed by atoms with Gasteiger partial charge in [-0.1, -0.05) is 69.7 Å². The monoisotopic (exact) mass is 805 g/mol. The van der Waals surface area contributed by atoms with Crippen LogP contribution in [0, 0.1) is 29.6 Å². The summed E-state index contributed by atoms with van der Waals surface area (Å²) >= 11 is 6.12. The normalized spacial score (nSPS) is 26.0. The number of amides is 3. The molecule has 2 aliphatic carbocycles. The molecule has 2 saturated carbocycles. The minimum atomic E-state index is -4.76. The van der Waals surface area contributed by atoms with Crippen molar-refractivity contribution in [2.45, 2.75) is 28.8 Å². The van der Waals surface area contributed by atoms with E-state index >= 15 is 0 Å². The van der Waals surface area contributed by atoms with Crippen molar-refractivity contribution in [1.29, 1.82) is 0 Å². The Bertz CT molecular complexity index is 2380. The number of aromatic amines is 1. The first-order valence-corrected chi connectivity index (χ1v) is 19.1. The summed E-state index contributed by atoms with van der Waals surface area (Å²) in [5, 5.41) is 5.38. The molecule has 3 amide bonds. The van der Waals surface area contributed by atoms with Crippen molar-refractivity contribution in [3.63, 3.8) is 0 Å². The van der Waals surface area contributed by atoms with Crippen molar-refractivity contribution >= 4 is 78.9 Å². The second kappa shape index (κ2) is 12.3. The van der Waals surface area contributed by atoms with Crippen molar-refractivity contribution < 1.29 is 32.3 Å². The number of thioether (sulfide) groups is 1. The van der Waals surface area contributed by atoms with Gasteiger partial charge in [0, 0.05) is 31.8 Å². The number of para-hydroxylation sites is 1. The molecule has 2 N–H and O–H groups in total. The van der Waals surface area contributed by atoms with Crippen LogP contribution < -0.4 is 19.8 Å². The molecular formula is C38H27BrF3N3O5S2. The van der Waals surface area contributed by atoms with Crippen LogP contribution in [0.3, 0.4) is 0 Å². The zero-order valence-electron chi connectivity index (χ0n) is 26.9. The third-order valence-corrected chi connectivity index (χ3v) is 14.0. The Morgan fingerprint density at radius 2 is 1.65 bits per heavy atom. The Morgan fingerprint density at radius 3 is 2.44 bits per heavy atom. The number of carbonyl (C=O) groups is 3. The SMILES string of the molecule is O=C(COc1ccc(Br)cc1[C@H]1c2sc(=O)[nH]c2SC2C3CC(C4C(=O)N(c5ccccc5C(F)(F)F)C(=O)C34)C21)Nc1ccc2ccccc2c1. The van der Waals surface area contributed by atoms with Gasteiger partial charge in [-0.05, 0) is 77.4 Å². The number of benzene rings is 4. The zero-order chi connectivity index (χ0) is 36.1. The highest BCUT2D eigenvalue weighted by atomic mass is 79.9. The summed E-state index contributed by atoms with van der Waals surface area (Å²) in [5.74, 6) is -4.07. The Hall–Kier alpha value is -4.40. The predicted octanol–water partition coefficient (Wildman–Crippen LogP) is 8.07. The third-order valence-electron chi connectivity index (χ3n) is 10.9. The van der Waals surface area contributed by atoms with E-state index in [0.717, 1.165) is 42.4 Å². The number of halogens is 4. The van der Waals surface area contributed by atoms with Gasteiger partial charge in [-0.2, -0.15) is 13.2 Å². The second-order valence-electron chi connectivity index (χ2n) is 13.6. The van der Waals surface area contributed by atoms with Crippen LogP contribution in [0.2, 0.25) is 0 Å². The average molecular weight is 807 g/mol. The molecule has 4 aromatic carbocycles. The van der Waals surface area contributed by atoms with Crippen LogP contribution in [0.5, 0.6) is 5.75 Å². The lowest BCUT2D eigenvalue weighted by Gasteiger charge is -2.43. The summed E-state index contributed by atoms with van der Waals surface area (Å²) in [5.41, 5.74) is -0.149. The van der Waals surface area contributed by atoms with Crippen LogP contribution in [0.15, 0.2) is 99.2 Å². The zero-order valence-corrected chi connectivity index (χ0v) is 30.1. The number of nitrogens with one attached hydrogen (secondary N) is 2. The number of fused-ring (bicyclic) bond motifs is 10. The van der Waals surface area contributed by atoms with Gasteiger partial charge in [0.05, 0.1) is 28.1 Å². The first kappa shape index (κ1) is 33.4. The van der Waals surface area contributed by atoms with Crippen LogP contribution in [0.25, 0.3) is 10.8 Å². The van der Waals surface area contributed by atoms with Crippen molar-refractivity contribution in [2.24, 2.45) is 29.6 Å². The molecule has 0 radical (unpaired) electrons. The minimum Gasteiger partial charge on any atom is -0.483 e. The summed E-state index contributed by atoms with van der Waals surface area (Å²) in [6.07, 6.45) is -4.20. The van der Waals surface area contributed by atoms with E-state index in [9.17, 15) is 32.3 Å². The molecule has 2 aliphatic heterocycles. The highest BCUT2D eigenvalue weighted by Crippen LogP contribution is 2.69. The van der Waals surface area contributed by atoms with Gasteiger partial charge in [0.15, 0.2) is 6.61 Å². The summed E-state index contributed by atoms with van der Waals surface area (Å²) in [4.78, 5) is 58.3. The smallest absolute Gasteiger partial charge is 0.418 e. The lowest BCUT2D eigenvalue weighted by molar-refractivity contribution is -0.137. The highest BCUT2D eigenvalue weighted by Gasteiger charge is 2.70. The molecule has 14 heteroatoms. The van der Waals surface area contributed by atoms with E-state index in [0.29, 0.717) is 28.4 Å². The molecule has 1 aromatic heterocycles. The van der Waals surface area contributed by atoms with Gasteiger partial charge in [-0.25, -0.2) is 4.90 Å². The fourth-order valence-electron chi connectivity index (χ4n) is 9.01. The Morgan fingerprint density at radius 1 is 0.923 bits per heavy atom. The number of alkyl halides is 3. The number of imide groups is 1. The van der Waals surface area contributed by atoms with E-state index in [1.54, 1.807) is 12.1 Å². The molecule has 5 aromatic rings. The molecule has 52 heavy (non-hydrogen) atoms. The van der Waals surface area contributed by atoms with E-state index in [4.69, 9.17) is 4.74 Å². The van der Waals surface area contributed by atoms with E-state index in [1.807, 2.05) is 48.5 Å². The number of hydrogen-bond donors (Lipinski definition) is 2. The maximum absolute atomic E-state index is 14.2. The van der Waals surface area contributed by atoms with Crippen LogP contribution >= 0.6 is 39.0 Å². The Labute approximate surface area is 310 Å². The molecule has 2 bridgehead atoms. The number of H-pyrrole nitrogens is 1. The lowest BCUT2D eigenvalue weighted by Crippen LogP contribution is -2.42. The Balaban J connectivity index is 1.05. The fourth-order valence-corrected chi connectivity index (χ4v) is 12.3. The number of thiazole rings is 1. The molecule has 264 valence electrons. The molecule has 9 rings (SSSR count). The second-order valence-corrected chi connectivity index (χ2v) is 16.7. The quantitative estimate of drug-likeness (QED) is 0.168. The van der Waals surface area contributed by atoms with Crippen molar-refractivity contribution in [2.75, 3.05) is 16.8 Å². The van der Waals surface area contributed by atoms with Crippen LogP contribution in [0.1, 0.15) is 28.3 Å². The maximum Gasteiger partial charge on any atom is 0.418 e. The molecule has 0 spiro atoms. The van der Waals surface area contributed by atoms with E-state index in [1.165, 1.54) is 30.0 Å². The number of carbonyl (C=O) groups excluding carboxylic acids is 3. The summed E-state index contributed by atoms with van der Waals surface area (Å²) in [6.45, 7) is -0.301. The molecular weight excluding hydrogens is 779 g/mol. The van der Waals surface area contributed by atoms with Gasteiger partial charge in [-0.15, -0.1) is 11.8 Å². The van der Waals surface area contributed by atoms with E-state index in [-0.39, 0.29) is 40.4 Å². The van der Waals surface area contributed by atoms with Crippen LogP contribution in [0.4, 0.5) is 24.5 Å². The van der Waals surface area contributed by atoms with Gasteiger partial charge in [-0.3, -0.25) is 19.2 Å². The van der Waals surface area contributed by atoms with Crippen LogP contribution in [-0.2, 0) is 20.6 Å². The highest BCUT2D eigenvalue weighted by molar-refractivity contribution is 9.10. The number of ether oxygens (including phenoxy) is 1. The van der Waals surface area contributed by atoms with Crippen molar-refractivity contribution in [3.05, 3.63) is 115 Å².